The predicted octanol–water partition coefficient (Wildman–Crippen LogP) is 2.65. The SMILES string of the molecule is Cc1ccc(C(=O)NN(C)C(=S)NCc2ccccc2)cc1. The van der Waals surface area contributed by atoms with Crippen LogP contribution in [0.25, 0.3) is 0 Å². The van der Waals surface area contributed by atoms with Gasteiger partial charge in [0, 0.05) is 19.2 Å². The highest BCUT2D eigenvalue weighted by Gasteiger charge is 2.10. The van der Waals surface area contributed by atoms with Crippen LogP contribution in [0.1, 0.15) is 21.5 Å². The van der Waals surface area contributed by atoms with E-state index in [0.717, 1.165) is 11.1 Å². The van der Waals surface area contributed by atoms with Crippen LogP contribution in [0, 0.1) is 6.92 Å². The molecule has 0 radical (unpaired) electrons. The molecule has 1 amide bonds. The zero-order chi connectivity index (χ0) is 15.9. The molecule has 0 unspecified atom stereocenters. The molecule has 0 spiro atoms. The number of nitrogens with zero attached hydrogens (tertiary/aromatic N) is 1. The molecule has 2 rings (SSSR count). The van der Waals surface area contributed by atoms with Crippen LogP contribution in [0.15, 0.2) is 54.6 Å². The highest BCUT2D eigenvalue weighted by molar-refractivity contribution is 7.80. The lowest BCUT2D eigenvalue weighted by atomic mass is 10.1. The average Bonchev–Trinajstić information content (AvgIpc) is 2.54. The first-order valence-electron chi connectivity index (χ1n) is 6.99. The first-order chi connectivity index (χ1) is 10.6. The van der Waals surface area contributed by atoms with Crippen LogP contribution in [0.4, 0.5) is 0 Å². The fourth-order valence-electron chi connectivity index (χ4n) is 1.86. The Kier molecular flexibility index (Phi) is 5.49. The van der Waals surface area contributed by atoms with Gasteiger partial charge < -0.3 is 5.32 Å². The molecule has 2 aromatic rings. The number of hydrogen-bond donors (Lipinski definition) is 2. The highest BCUT2D eigenvalue weighted by atomic mass is 32.1. The summed E-state index contributed by atoms with van der Waals surface area (Å²) in [5.41, 5.74) is 5.59. The van der Waals surface area contributed by atoms with Gasteiger partial charge in [0.05, 0.1) is 0 Å². The molecule has 0 aliphatic heterocycles. The lowest BCUT2D eigenvalue weighted by Gasteiger charge is -2.21. The Morgan fingerprint density at radius 3 is 2.36 bits per heavy atom. The first kappa shape index (κ1) is 16.0. The number of nitrogens with one attached hydrogen (secondary N) is 2. The van der Waals surface area contributed by atoms with Crippen LogP contribution in [-0.4, -0.2) is 23.1 Å². The maximum atomic E-state index is 12.1. The van der Waals surface area contributed by atoms with Crippen LogP contribution in [0.5, 0.6) is 0 Å². The molecule has 2 aromatic carbocycles. The van der Waals surface area contributed by atoms with E-state index in [9.17, 15) is 4.79 Å². The number of carbonyl (C=O) groups excluding carboxylic acids is 1. The van der Waals surface area contributed by atoms with E-state index in [0.29, 0.717) is 17.2 Å². The predicted molar refractivity (Wildman–Crippen MR) is 92.3 cm³/mol. The van der Waals surface area contributed by atoms with Crippen molar-refractivity contribution < 1.29 is 4.79 Å². The van der Waals surface area contributed by atoms with E-state index in [4.69, 9.17) is 12.2 Å². The molecule has 0 bridgehead atoms. The monoisotopic (exact) mass is 313 g/mol. The van der Waals surface area contributed by atoms with Crippen molar-refractivity contribution in [3.8, 4) is 0 Å². The Hall–Kier alpha value is -2.40. The molecule has 0 heterocycles. The minimum absolute atomic E-state index is 0.189. The smallest absolute Gasteiger partial charge is 0.269 e. The molecule has 114 valence electrons. The molecule has 0 aromatic heterocycles. The molecule has 0 aliphatic rings. The molecule has 22 heavy (non-hydrogen) atoms. The largest absolute Gasteiger partial charge is 0.357 e. The number of thiocarbonyl (C=S) groups is 1. The standard InChI is InChI=1S/C17H19N3OS/c1-13-8-10-15(11-9-13)16(21)19-20(2)17(22)18-12-14-6-4-3-5-7-14/h3-11H,12H2,1-2H3,(H,18,22)(H,19,21). The maximum Gasteiger partial charge on any atom is 0.269 e. The molecule has 4 nitrogen and oxygen atoms in total. The van der Waals surface area contributed by atoms with Crippen LogP contribution in [0.2, 0.25) is 0 Å². The van der Waals surface area contributed by atoms with Gasteiger partial charge in [0.1, 0.15) is 0 Å². The van der Waals surface area contributed by atoms with Crippen LogP contribution in [0.3, 0.4) is 0 Å². The summed E-state index contributed by atoms with van der Waals surface area (Å²) in [5, 5.41) is 5.08. The fourth-order valence-corrected chi connectivity index (χ4v) is 1.98. The number of hydrazine groups is 1. The number of aryl methyl sites for hydroxylation is 1. The van der Waals surface area contributed by atoms with E-state index in [-0.39, 0.29) is 5.91 Å². The van der Waals surface area contributed by atoms with Crippen molar-refractivity contribution in [1.29, 1.82) is 0 Å². The molecule has 0 fully saturated rings. The normalized spacial score (nSPS) is 9.91. The van der Waals surface area contributed by atoms with Crippen molar-refractivity contribution in [2.24, 2.45) is 0 Å². The van der Waals surface area contributed by atoms with Gasteiger partial charge in [-0.05, 0) is 36.8 Å². The van der Waals surface area contributed by atoms with E-state index in [1.807, 2.05) is 49.4 Å². The summed E-state index contributed by atoms with van der Waals surface area (Å²) in [5.74, 6) is -0.189. The van der Waals surface area contributed by atoms with Gasteiger partial charge in [-0.25, -0.2) is 0 Å². The van der Waals surface area contributed by atoms with Crippen molar-refractivity contribution in [2.45, 2.75) is 13.5 Å². The molecule has 0 saturated carbocycles. The third kappa shape index (κ3) is 4.56. The summed E-state index contributed by atoms with van der Waals surface area (Å²) in [7, 11) is 1.71. The van der Waals surface area contributed by atoms with E-state index in [2.05, 4.69) is 10.7 Å². The lowest BCUT2D eigenvalue weighted by Crippen LogP contribution is -2.47. The van der Waals surface area contributed by atoms with Gasteiger partial charge in [-0.2, -0.15) is 0 Å². The van der Waals surface area contributed by atoms with Gasteiger partial charge >= 0.3 is 0 Å². The van der Waals surface area contributed by atoms with Gasteiger partial charge in [-0.15, -0.1) is 0 Å². The van der Waals surface area contributed by atoms with Crippen LogP contribution in [-0.2, 0) is 6.54 Å². The van der Waals surface area contributed by atoms with E-state index in [1.54, 1.807) is 19.2 Å². The Morgan fingerprint density at radius 1 is 1.09 bits per heavy atom. The van der Waals surface area contributed by atoms with Gasteiger partial charge in [-0.1, -0.05) is 48.0 Å². The topological polar surface area (TPSA) is 44.4 Å². The zero-order valence-electron chi connectivity index (χ0n) is 12.7. The Balaban J connectivity index is 1.85. The summed E-state index contributed by atoms with van der Waals surface area (Å²) in [6, 6.07) is 17.3. The second kappa shape index (κ2) is 7.56. The summed E-state index contributed by atoms with van der Waals surface area (Å²) >= 11 is 5.27. The summed E-state index contributed by atoms with van der Waals surface area (Å²) < 4.78 is 0. The fraction of sp³-hybridized carbons (Fsp3) is 0.176. The summed E-state index contributed by atoms with van der Waals surface area (Å²) in [4.78, 5) is 12.1. The van der Waals surface area contributed by atoms with Gasteiger partial charge in [0.25, 0.3) is 5.91 Å². The second-order valence-corrected chi connectivity index (χ2v) is 5.40. The third-order valence-corrected chi connectivity index (χ3v) is 3.59. The number of carbonyl (C=O) groups is 1. The average molecular weight is 313 g/mol. The maximum absolute atomic E-state index is 12.1. The number of benzene rings is 2. The minimum atomic E-state index is -0.189. The molecule has 0 atom stereocenters. The van der Waals surface area contributed by atoms with Crippen molar-refractivity contribution in [3.63, 3.8) is 0 Å². The van der Waals surface area contributed by atoms with Crippen LogP contribution < -0.4 is 10.7 Å². The van der Waals surface area contributed by atoms with Gasteiger partial charge in [0.15, 0.2) is 5.11 Å². The Labute approximate surface area is 136 Å². The van der Waals surface area contributed by atoms with Gasteiger partial charge in [-0.3, -0.25) is 15.2 Å². The number of hydrogen-bond acceptors (Lipinski definition) is 2. The summed E-state index contributed by atoms with van der Waals surface area (Å²) in [6.07, 6.45) is 0. The summed E-state index contributed by atoms with van der Waals surface area (Å²) in [6.45, 7) is 2.60. The Bertz CT molecular complexity index is 641. The quantitative estimate of drug-likeness (QED) is 0.675. The Morgan fingerprint density at radius 2 is 1.73 bits per heavy atom. The van der Waals surface area contributed by atoms with E-state index < -0.39 is 0 Å². The van der Waals surface area contributed by atoms with E-state index >= 15 is 0 Å². The molecule has 5 heteroatoms. The first-order valence-corrected chi connectivity index (χ1v) is 7.40. The number of rotatable bonds is 3. The molecule has 0 saturated heterocycles. The molecular formula is C17H19N3OS. The van der Waals surface area contributed by atoms with Crippen molar-refractivity contribution in [2.75, 3.05) is 7.05 Å². The highest BCUT2D eigenvalue weighted by Crippen LogP contribution is 2.03. The van der Waals surface area contributed by atoms with Gasteiger partial charge in [0.2, 0.25) is 0 Å². The third-order valence-electron chi connectivity index (χ3n) is 3.17. The zero-order valence-corrected chi connectivity index (χ0v) is 13.5. The van der Waals surface area contributed by atoms with Crippen molar-refractivity contribution >= 4 is 23.2 Å². The molecule has 2 N–H and O–H groups in total. The second-order valence-electron chi connectivity index (χ2n) is 5.01. The number of amides is 1. The van der Waals surface area contributed by atoms with Crippen molar-refractivity contribution in [3.05, 3.63) is 71.3 Å². The van der Waals surface area contributed by atoms with E-state index in [1.165, 1.54) is 5.01 Å². The molecular weight excluding hydrogens is 294 g/mol. The van der Waals surface area contributed by atoms with Crippen molar-refractivity contribution in [1.82, 2.24) is 15.8 Å². The molecule has 0 aliphatic carbocycles. The minimum Gasteiger partial charge on any atom is -0.357 e. The lowest BCUT2D eigenvalue weighted by molar-refractivity contribution is 0.0886. The van der Waals surface area contributed by atoms with Crippen LogP contribution >= 0.6 is 12.2 Å².